The van der Waals surface area contributed by atoms with E-state index in [1.165, 1.54) is 13.2 Å². The van der Waals surface area contributed by atoms with Crippen LogP contribution in [0.5, 0.6) is 5.75 Å². The molecular formula is C13H13NO3. The average Bonchev–Trinajstić information content (AvgIpc) is 2.68. The molecule has 0 fully saturated rings. The van der Waals surface area contributed by atoms with E-state index in [0.717, 1.165) is 5.56 Å². The number of aromatic hydroxyl groups is 1. The van der Waals surface area contributed by atoms with Crippen LogP contribution in [0.25, 0.3) is 0 Å². The van der Waals surface area contributed by atoms with Gasteiger partial charge in [-0.15, -0.1) is 0 Å². The van der Waals surface area contributed by atoms with E-state index in [1.54, 1.807) is 12.1 Å². The summed E-state index contributed by atoms with van der Waals surface area (Å²) < 4.78 is 5.27. The quantitative estimate of drug-likeness (QED) is 0.875. The maximum atomic E-state index is 10.9. The maximum absolute atomic E-state index is 10.9. The molecule has 4 heteroatoms. The Kier molecular flexibility index (Phi) is 3.23. The van der Waals surface area contributed by atoms with E-state index >= 15 is 0 Å². The highest BCUT2D eigenvalue weighted by molar-refractivity contribution is 5.77. The maximum Gasteiger partial charge on any atom is 0.198 e. The average molecular weight is 231 g/mol. The van der Waals surface area contributed by atoms with Crippen molar-refractivity contribution in [3.63, 3.8) is 0 Å². The molecule has 2 aromatic rings. The van der Waals surface area contributed by atoms with Crippen molar-refractivity contribution < 1.29 is 14.3 Å². The molecule has 2 rings (SSSR count). The van der Waals surface area contributed by atoms with Crippen molar-refractivity contribution >= 4 is 5.78 Å². The monoisotopic (exact) mass is 231 g/mol. The van der Waals surface area contributed by atoms with Gasteiger partial charge in [-0.05, 0) is 24.6 Å². The van der Waals surface area contributed by atoms with Gasteiger partial charge < -0.3 is 9.52 Å². The molecule has 0 atom stereocenters. The molecule has 0 spiro atoms. The van der Waals surface area contributed by atoms with Crippen LogP contribution in [-0.4, -0.2) is 15.9 Å². The lowest BCUT2D eigenvalue weighted by atomic mass is 10.1. The van der Waals surface area contributed by atoms with Gasteiger partial charge in [-0.3, -0.25) is 4.79 Å². The first-order valence-electron chi connectivity index (χ1n) is 5.34. The number of nitrogens with zero attached hydrogens (tertiary/aromatic N) is 1. The summed E-state index contributed by atoms with van der Waals surface area (Å²) in [6.45, 7) is 1.52. The highest BCUT2D eigenvalue weighted by Crippen LogP contribution is 2.14. The van der Waals surface area contributed by atoms with Crippen molar-refractivity contribution in [1.29, 1.82) is 0 Å². The number of carbonyl (C=O) groups is 1. The fourth-order valence-electron chi connectivity index (χ4n) is 1.55. The molecule has 17 heavy (non-hydrogen) atoms. The van der Waals surface area contributed by atoms with Crippen molar-refractivity contribution in [1.82, 2.24) is 4.98 Å². The van der Waals surface area contributed by atoms with E-state index in [0.29, 0.717) is 24.4 Å². The summed E-state index contributed by atoms with van der Waals surface area (Å²) in [7, 11) is 0. The van der Waals surface area contributed by atoms with Gasteiger partial charge in [0, 0.05) is 6.42 Å². The molecule has 1 N–H and O–H groups in total. The van der Waals surface area contributed by atoms with Crippen molar-refractivity contribution in [3.8, 4) is 5.75 Å². The zero-order chi connectivity index (χ0) is 12.3. The smallest absolute Gasteiger partial charge is 0.198 e. The highest BCUT2D eigenvalue weighted by atomic mass is 16.3. The molecule has 0 unspecified atom stereocenters. The lowest BCUT2D eigenvalue weighted by Crippen LogP contribution is -1.97. The standard InChI is InChI=1S/C13H13NO3/c1-9(15)6-11-8-17-13(14-11)7-10-2-4-12(16)5-3-10/h2-5,8,16H,6-7H2,1H3. The number of carbonyl (C=O) groups excluding carboxylic acids is 1. The van der Waals surface area contributed by atoms with Gasteiger partial charge >= 0.3 is 0 Å². The summed E-state index contributed by atoms with van der Waals surface area (Å²) in [5.74, 6) is 0.875. The van der Waals surface area contributed by atoms with Gasteiger partial charge in [0.1, 0.15) is 17.8 Å². The zero-order valence-electron chi connectivity index (χ0n) is 9.51. The number of rotatable bonds is 4. The van der Waals surface area contributed by atoms with E-state index in [-0.39, 0.29) is 11.5 Å². The molecule has 4 nitrogen and oxygen atoms in total. The number of benzene rings is 1. The molecule has 0 saturated carbocycles. The molecule has 0 saturated heterocycles. The summed E-state index contributed by atoms with van der Waals surface area (Å²) in [4.78, 5) is 15.1. The molecule has 1 heterocycles. The predicted molar refractivity (Wildman–Crippen MR) is 61.8 cm³/mol. The molecule has 0 aliphatic heterocycles. The number of aromatic nitrogens is 1. The van der Waals surface area contributed by atoms with Gasteiger partial charge in [-0.1, -0.05) is 12.1 Å². The molecule has 1 aromatic carbocycles. The van der Waals surface area contributed by atoms with Crippen LogP contribution in [-0.2, 0) is 17.6 Å². The summed E-state index contributed by atoms with van der Waals surface area (Å²) in [6.07, 6.45) is 2.37. The topological polar surface area (TPSA) is 63.3 Å². The SMILES string of the molecule is CC(=O)Cc1coc(Cc2ccc(O)cc2)n1. The van der Waals surface area contributed by atoms with Gasteiger partial charge in [-0.25, -0.2) is 4.98 Å². The van der Waals surface area contributed by atoms with Gasteiger partial charge in [0.25, 0.3) is 0 Å². The van der Waals surface area contributed by atoms with Crippen LogP contribution in [0.15, 0.2) is 34.9 Å². The first-order chi connectivity index (χ1) is 8.13. The van der Waals surface area contributed by atoms with Crippen LogP contribution in [0.4, 0.5) is 0 Å². The minimum Gasteiger partial charge on any atom is -0.508 e. The molecule has 88 valence electrons. The van der Waals surface area contributed by atoms with Crippen molar-refractivity contribution in [3.05, 3.63) is 47.7 Å². The third-order valence-electron chi connectivity index (χ3n) is 2.32. The van der Waals surface area contributed by atoms with E-state index in [1.807, 2.05) is 12.1 Å². The second-order valence-corrected chi connectivity index (χ2v) is 3.95. The number of Topliss-reactive ketones (excluding diaryl/α,β-unsaturated/α-hetero) is 1. The first-order valence-corrected chi connectivity index (χ1v) is 5.34. The minimum atomic E-state index is 0.0643. The first kappa shape index (κ1) is 11.4. The summed E-state index contributed by atoms with van der Waals surface area (Å²) in [5, 5.41) is 9.15. The summed E-state index contributed by atoms with van der Waals surface area (Å²) in [6, 6.07) is 6.86. The molecule has 0 radical (unpaired) electrons. The van der Waals surface area contributed by atoms with Gasteiger partial charge in [-0.2, -0.15) is 0 Å². The number of phenolic OH excluding ortho intramolecular Hbond substituents is 1. The van der Waals surface area contributed by atoms with E-state index in [4.69, 9.17) is 9.52 Å². The summed E-state index contributed by atoms with van der Waals surface area (Å²) in [5.41, 5.74) is 1.66. The molecule has 0 aliphatic carbocycles. The Bertz CT molecular complexity index is 514. The third-order valence-corrected chi connectivity index (χ3v) is 2.32. The number of oxazole rings is 1. The van der Waals surface area contributed by atoms with Crippen LogP contribution in [0, 0.1) is 0 Å². The predicted octanol–water partition coefficient (Wildman–Crippen LogP) is 2.10. The Labute approximate surface area is 98.9 Å². The lowest BCUT2D eigenvalue weighted by Gasteiger charge is -1.97. The third kappa shape index (κ3) is 3.17. The molecule has 0 aliphatic rings. The Morgan fingerprint density at radius 2 is 2.06 bits per heavy atom. The van der Waals surface area contributed by atoms with E-state index in [9.17, 15) is 4.79 Å². The number of hydrogen-bond donors (Lipinski definition) is 1. The zero-order valence-corrected chi connectivity index (χ0v) is 9.51. The molecular weight excluding hydrogens is 218 g/mol. The number of ketones is 1. The van der Waals surface area contributed by atoms with Crippen LogP contribution >= 0.6 is 0 Å². The van der Waals surface area contributed by atoms with Crippen LogP contribution in [0.2, 0.25) is 0 Å². The largest absolute Gasteiger partial charge is 0.508 e. The van der Waals surface area contributed by atoms with E-state index < -0.39 is 0 Å². The number of hydrogen-bond acceptors (Lipinski definition) is 4. The Hall–Kier alpha value is -2.10. The normalized spacial score (nSPS) is 10.4. The highest BCUT2D eigenvalue weighted by Gasteiger charge is 2.06. The second kappa shape index (κ2) is 4.82. The van der Waals surface area contributed by atoms with Crippen molar-refractivity contribution in [2.45, 2.75) is 19.8 Å². The van der Waals surface area contributed by atoms with Crippen LogP contribution < -0.4 is 0 Å². The van der Waals surface area contributed by atoms with Crippen molar-refractivity contribution in [2.24, 2.45) is 0 Å². The fourth-order valence-corrected chi connectivity index (χ4v) is 1.55. The fraction of sp³-hybridized carbons (Fsp3) is 0.231. The Morgan fingerprint density at radius 3 is 2.71 bits per heavy atom. The second-order valence-electron chi connectivity index (χ2n) is 3.95. The molecule has 1 aromatic heterocycles. The summed E-state index contributed by atoms with van der Waals surface area (Å²) >= 11 is 0. The minimum absolute atomic E-state index is 0.0643. The van der Waals surface area contributed by atoms with E-state index in [2.05, 4.69) is 4.98 Å². The number of phenols is 1. The van der Waals surface area contributed by atoms with Gasteiger partial charge in [0.15, 0.2) is 5.89 Å². The van der Waals surface area contributed by atoms with Gasteiger partial charge in [0.2, 0.25) is 0 Å². The molecule has 0 bridgehead atoms. The van der Waals surface area contributed by atoms with Crippen molar-refractivity contribution in [2.75, 3.05) is 0 Å². The van der Waals surface area contributed by atoms with Crippen LogP contribution in [0.1, 0.15) is 24.1 Å². The Morgan fingerprint density at radius 1 is 1.35 bits per heavy atom. The van der Waals surface area contributed by atoms with Gasteiger partial charge in [0.05, 0.1) is 12.1 Å². The Balaban J connectivity index is 2.06. The van der Waals surface area contributed by atoms with Crippen LogP contribution in [0.3, 0.4) is 0 Å². The lowest BCUT2D eigenvalue weighted by molar-refractivity contribution is -0.116. The molecule has 0 amide bonds.